The van der Waals surface area contributed by atoms with Gasteiger partial charge in [-0.25, -0.2) is 15.0 Å². The lowest BCUT2D eigenvalue weighted by Gasteiger charge is -2.14. The average Bonchev–Trinajstić information content (AvgIpc) is 3.62. The van der Waals surface area contributed by atoms with Gasteiger partial charge < -0.3 is 4.57 Å². The van der Waals surface area contributed by atoms with E-state index in [0.29, 0.717) is 0 Å². The molecule has 0 spiro atoms. The quantitative estimate of drug-likeness (QED) is 0.168. The van der Waals surface area contributed by atoms with E-state index in [1.165, 1.54) is 16.3 Å². The summed E-state index contributed by atoms with van der Waals surface area (Å²) in [5.41, 5.74) is 13.8. The summed E-state index contributed by atoms with van der Waals surface area (Å²) in [6.07, 6.45) is 9.64. The molecular weight excluding hydrogens is 669 g/mol. The standard InChI is InChI=1S/C51H34N4/c1-3-12-34(13-4-1)43-30-26-36-22-23-37-27-31-44(53-50(37)49(36)52-43)39-17-11-16-38(32-39)33-24-28-40(29-25-33)55-46-21-10-8-19-42(46)47-48(35-14-5-2-6-15-35)54-45-20-9-7-18-41(45)51(47)55/h1-12,14-32,34H,13H2. The summed E-state index contributed by atoms with van der Waals surface area (Å²) in [4.78, 5) is 15.7. The van der Waals surface area contributed by atoms with Crippen LogP contribution in [0.5, 0.6) is 0 Å². The van der Waals surface area contributed by atoms with Gasteiger partial charge in [-0.05, 0) is 60.0 Å². The highest BCUT2D eigenvalue weighted by Gasteiger charge is 2.20. The highest BCUT2D eigenvalue weighted by Crippen LogP contribution is 2.41. The molecule has 1 aliphatic carbocycles. The van der Waals surface area contributed by atoms with Gasteiger partial charge in [0, 0.05) is 55.4 Å². The van der Waals surface area contributed by atoms with Crippen LogP contribution in [0, 0.1) is 0 Å². The molecule has 0 amide bonds. The minimum absolute atomic E-state index is 0.286. The molecule has 258 valence electrons. The summed E-state index contributed by atoms with van der Waals surface area (Å²) in [6.45, 7) is 0. The predicted molar refractivity (Wildman–Crippen MR) is 229 cm³/mol. The van der Waals surface area contributed by atoms with Gasteiger partial charge >= 0.3 is 0 Å². The van der Waals surface area contributed by atoms with E-state index in [2.05, 4.69) is 193 Å². The second kappa shape index (κ2) is 12.8. The van der Waals surface area contributed by atoms with E-state index >= 15 is 0 Å². The van der Waals surface area contributed by atoms with Crippen LogP contribution >= 0.6 is 0 Å². The summed E-state index contributed by atoms with van der Waals surface area (Å²) in [5, 5.41) is 5.69. The van der Waals surface area contributed by atoms with Gasteiger partial charge in [0.05, 0.1) is 39.0 Å². The van der Waals surface area contributed by atoms with E-state index in [0.717, 1.165) is 89.7 Å². The third-order valence-corrected chi connectivity index (χ3v) is 11.1. The Kier molecular flexibility index (Phi) is 7.27. The molecule has 1 unspecified atom stereocenters. The van der Waals surface area contributed by atoms with Crippen LogP contribution in [0.15, 0.2) is 188 Å². The van der Waals surface area contributed by atoms with E-state index in [9.17, 15) is 0 Å². The van der Waals surface area contributed by atoms with Crippen molar-refractivity contribution in [3.05, 3.63) is 194 Å². The molecule has 11 rings (SSSR count). The second-order valence-electron chi connectivity index (χ2n) is 14.3. The topological polar surface area (TPSA) is 43.6 Å². The van der Waals surface area contributed by atoms with Gasteiger partial charge in [-0.3, -0.25) is 0 Å². The number of hydrogen-bond acceptors (Lipinski definition) is 3. The first-order chi connectivity index (χ1) is 27.3. The highest BCUT2D eigenvalue weighted by atomic mass is 15.0. The number of para-hydroxylation sites is 2. The normalized spacial score (nSPS) is 14.1. The molecule has 0 N–H and O–H groups in total. The number of aromatic nitrogens is 4. The molecule has 4 heterocycles. The Morgan fingerprint density at radius 3 is 2.05 bits per heavy atom. The predicted octanol–water partition coefficient (Wildman–Crippen LogP) is 13.0. The van der Waals surface area contributed by atoms with Crippen molar-refractivity contribution in [2.45, 2.75) is 12.3 Å². The maximum absolute atomic E-state index is 5.25. The van der Waals surface area contributed by atoms with Crippen molar-refractivity contribution >= 4 is 54.5 Å². The molecule has 4 heteroatoms. The Labute approximate surface area is 318 Å². The van der Waals surface area contributed by atoms with Gasteiger partial charge in [0.1, 0.15) is 0 Å². The summed E-state index contributed by atoms with van der Waals surface area (Å²) < 4.78 is 2.41. The lowest BCUT2D eigenvalue weighted by molar-refractivity contribution is 0.822. The molecular formula is C51H34N4. The number of nitrogens with zero attached hydrogens (tertiary/aromatic N) is 4. The van der Waals surface area contributed by atoms with Crippen molar-refractivity contribution in [3.63, 3.8) is 0 Å². The SMILES string of the molecule is C1=CCC(c2ccc3ccc4ccc(-c5cccc(-c6ccc(-n7c8ccccc8c8c(-c9ccccc9)nc9ccccc9c87)cc6)c5)nc4c3n2)C=C1. The third-order valence-electron chi connectivity index (χ3n) is 11.1. The zero-order chi connectivity index (χ0) is 36.3. The fourth-order valence-corrected chi connectivity index (χ4v) is 8.37. The Morgan fingerprint density at radius 1 is 0.509 bits per heavy atom. The molecule has 0 fully saturated rings. The van der Waals surface area contributed by atoms with Crippen molar-refractivity contribution in [2.24, 2.45) is 0 Å². The second-order valence-corrected chi connectivity index (χ2v) is 14.3. The summed E-state index contributed by atoms with van der Waals surface area (Å²) in [6, 6.07) is 58.3. The number of pyridine rings is 3. The van der Waals surface area contributed by atoms with E-state index in [1.54, 1.807) is 0 Å². The van der Waals surface area contributed by atoms with Crippen LogP contribution in [0.2, 0.25) is 0 Å². The number of hydrogen-bond donors (Lipinski definition) is 0. The maximum Gasteiger partial charge on any atom is 0.0972 e. The molecule has 0 saturated heterocycles. The summed E-state index contributed by atoms with van der Waals surface area (Å²) >= 11 is 0. The summed E-state index contributed by atoms with van der Waals surface area (Å²) in [5.74, 6) is 0.286. The van der Waals surface area contributed by atoms with Crippen molar-refractivity contribution in [1.82, 2.24) is 19.5 Å². The van der Waals surface area contributed by atoms with Crippen LogP contribution in [0.1, 0.15) is 18.0 Å². The van der Waals surface area contributed by atoms with E-state index in [1.807, 2.05) is 0 Å². The smallest absolute Gasteiger partial charge is 0.0972 e. The molecule has 55 heavy (non-hydrogen) atoms. The number of allylic oxidation sites excluding steroid dienone is 4. The Bertz CT molecular complexity index is 3170. The molecule has 1 aliphatic rings. The zero-order valence-corrected chi connectivity index (χ0v) is 30.0. The van der Waals surface area contributed by atoms with Gasteiger partial charge in [-0.1, -0.05) is 146 Å². The molecule has 4 nitrogen and oxygen atoms in total. The first-order valence-electron chi connectivity index (χ1n) is 18.9. The minimum atomic E-state index is 0.286. The number of benzene rings is 6. The van der Waals surface area contributed by atoms with Gasteiger partial charge in [-0.2, -0.15) is 0 Å². The largest absolute Gasteiger partial charge is 0.308 e. The van der Waals surface area contributed by atoms with Gasteiger partial charge in [0.2, 0.25) is 0 Å². The lowest BCUT2D eigenvalue weighted by Crippen LogP contribution is -2.00. The minimum Gasteiger partial charge on any atom is -0.308 e. The lowest BCUT2D eigenvalue weighted by atomic mass is 9.96. The molecule has 4 aromatic heterocycles. The van der Waals surface area contributed by atoms with Crippen molar-refractivity contribution in [3.8, 4) is 39.3 Å². The zero-order valence-electron chi connectivity index (χ0n) is 30.0. The fourth-order valence-electron chi connectivity index (χ4n) is 8.37. The monoisotopic (exact) mass is 702 g/mol. The maximum atomic E-state index is 5.25. The van der Waals surface area contributed by atoms with E-state index in [-0.39, 0.29) is 5.92 Å². The van der Waals surface area contributed by atoms with Crippen LogP contribution in [0.25, 0.3) is 93.8 Å². The molecule has 10 aromatic rings. The Morgan fingerprint density at radius 2 is 1.22 bits per heavy atom. The van der Waals surface area contributed by atoms with Gasteiger partial charge in [0.15, 0.2) is 0 Å². The fraction of sp³-hybridized carbons (Fsp3) is 0.0392. The molecule has 0 bridgehead atoms. The summed E-state index contributed by atoms with van der Waals surface area (Å²) in [7, 11) is 0. The first kappa shape index (κ1) is 31.4. The van der Waals surface area contributed by atoms with Crippen molar-refractivity contribution in [1.29, 1.82) is 0 Å². The van der Waals surface area contributed by atoms with Crippen molar-refractivity contribution in [2.75, 3.05) is 0 Å². The molecule has 0 aliphatic heterocycles. The molecule has 6 aromatic carbocycles. The van der Waals surface area contributed by atoms with Crippen LogP contribution in [0.4, 0.5) is 0 Å². The van der Waals surface area contributed by atoms with E-state index < -0.39 is 0 Å². The molecule has 0 radical (unpaired) electrons. The van der Waals surface area contributed by atoms with Crippen LogP contribution < -0.4 is 0 Å². The van der Waals surface area contributed by atoms with E-state index in [4.69, 9.17) is 15.0 Å². The third kappa shape index (κ3) is 5.25. The van der Waals surface area contributed by atoms with Crippen LogP contribution in [-0.4, -0.2) is 19.5 Å². The van der Waals surface area contributed by atoms with Gasteiger partial charge in [0.25, 0.3) is 0 Å². The number of fused-ring (bicyclic) bond motifs is 8. The Balaban J connectivity index is 1.01. The number of rotatable bonds is 5. The Hall–Kier alpha value is -7.17. The van der Waals surface area contributed by atoms with Crippen LogP contribution in [-0.2, 0) is 0 Å². The molecule has 0 saturated carbocycles. The van der Waals surface area contributed by atoms with Crippen LogP contribution in [0.3, 0.4) is 0 Å². The van der Waals surface area contributed by atoms with Crippen molar-refractivity contribution < 1.29 is 0 Å². The molecule has 1 atom stereocenters. The highest BCUT2D eigenvalue weighted by molar-refractivity contribution is 6.22. The average molecular weight is 703 g/mol. The van der Waals surface area contributed by atoms with Gasteiger partial charge in [-0.15, -0.1) is 0 Å². The first-order valence-corrected chi connectivity index (χ1v) is 18.9.